The first kappa shape index (κ1) is 16.9. The summed E-state index contributed by atoms with van der Waals surface area (Å²) in [6.45, 7) is 6.42. The normalized spacial score (nSPS) is 13.4. The quantitative estimate of drug-likeness (QED) is 0.666. The zero-order valence-electron chi connectivity index (χ0n) is 12.1. The van der Waals surface area contributed by atoms with Gasteiger partial charge in [0.2, 0.25) is 0 Å². The van der Waals surface area contributed by atoms with Crippen molar-refractivity contribution in [2.45, 2.75) is 43.6 Å². The number of aromatic nitrogens is 1. The number of nitrogens with zero attached hydrogens (tertiary/aromatic N) is 1. The number of pyridine rings is 1. The highest BCUT2D eigenvalue weighted by Crippen LogP contribution is 2.10. The summed E-state index contributed by atoms with van der Waals surface area (Å²) < 4.78 is 24.0. The topological polar surface area (TPSA) is 67.3 Å². The van der Waals surface area contributed by atoms with Gasteiger partial charge in [0, 0.05) is 12.6 Å². The summed E-state index contributed by atoms with van der Waals surface area (Å²) in [6, 6.07) is 4.71. The minimum atomic E-state index is -3.53. The van der Waals surface area contributed by atoms with E-state index >= 15 is 0 Å². The molecular formula is C14H21NO3SSi. The molecule has 0 fully saturated rings. The van der Waals surface area contributed by atoms with E-state index < -0.39 is 24.0 Å². The lowest BCUT2D eigenvalue weighted by molar-refractivity contribution is 0.189. The second kappa shape index (κ2) is 7.02. The molecule has 6 heteroatoms. The smallest absolute Gasteiger partial charge is 0.198 e. The fraction of sp³-hybridized carbons (Fsp3) is 0.500. The SMILES string of the molecule is C[Si](C)(C)C#CCCC(O)CS(=O)(=O)c1ccccn1. The van der Waals surface area contributed by atoms with Crippen LogP contribution in [-0.4, -0.2) is 38.4 Å². The average Bonchev–Trinajstić information content (AvgIpc) is 2.34. The van der Waals surface area contributed by atoms with Crippen LogP contribution in [0.5, 0.6) is 0 Å². The van der Waals surface area contributed by atoms with Crippen molar-refractivity contribution in [3.8, 4) is 11.5 Å². The van der Waals surface area contributed by atoms with Crippen LogP contribution >= 0.6 is 0 Å². The molecule has 0 aliphatic heterocycles. The number of sulfone groups is 1. The average molecular weight is 311 g/mol. The third-order valence-electron chi connectivity index (χ3n) is 2.43. The van der Waals surface area contributed by atoms with Gasteiger partial charge in [-0.15, -0.1) is 11.5 Å². The molecule has 0 spiro atoms. The largest absolute Gasteiger partial charge is 0.392 e. The van der Waals surface area contributed by atoms with Gasteiger partial charge in [-0.3, -0.25) is 0 Å². The molecule has 0 saturated carbocycles. The molecular weight excluding hydrogens is 290 g/mol. The van der Waals surface area contributed by atoms with E-state index in [1.54, 1.807) is 12.1 Å². The molecule has 0 amide bonds. The summed E-state index contributed by atoms with van der Waals surface area (Å²) in [5.41, 5.74) is 3.19. The van der Waals surface area contributed by atoms with E-state index in [9.17, 15) is 13.5 Å². The molecule has 0 aromatic carbocycles. The van der Waals surface area contributed by atoms with E-state index in [4.69, 9.17) is 0 Å². The summed E-state index contributed by atoms with van der Waals surface area (Å²) in [6.07, 6.45) is 1.41. The minimum absolute atomic E-state index is 0.00670. The maximum Gasteiger partial charge on any atom is 0.198 e. The van der Waals surface area contributed by atoms with Gasteiger partial charge in [-0.25, -0.2) is 13.4 Å². The molecule has 1 heterocycles. The van der Waals surface area contributed by atoms with Crippen molar-refractivity contribution >= 4 is 17.9 Å². The van der Waals surface area contributed by atoms with Crippen molar-refractivity contribution in [3.05, 3.63) is 24.4 Å². The maximum absolute atomic E-state index is 12.0. The van der Waals surface area contributed by atoms with E-state index in [1.165, 1.54) is 12.3 Å². The van der Waals surface area contributed by atoms with Gasteiger partial charge in [-0.2, -0.15) is 0 Å². The number of rotatable bonds is 5. The lowest BCUT2D eigenvalue weighted by Crippen LogP contribution is -2.21. The first-order valence-electron chi connectivity index (χ1n) is 6.52. The van der Waals surface area contributed by atoms with E-state index in [1.807, 2.05) is 0 Å². The van der Waals surface area contributed by atoms with Crippen LogP contribution in [0.15, 0.2) is 29.4 Å². The highest BCUT2D eigenvalue weighted by Gasteiger charge is 2.20. The molecule has 1 N–H and O–H groups in total. The summed E-state index contributed by atoms with van der Waals surface area (Å²) in [7, 11) is -4.93. The highest BCUT2D eigenvalue weighted by atomic mass is 32.2. The molecule has 1 unspecified atom stereocenters. The van der Waals surface area contributed by atoms with Gasteiger partial charge in [0.25, 0.3) is 0 Å². The van der Waals surface area contributed by atoms with Crippen molar-refractivity contribution in [1.29, 1.82) is 0 Å². The van der Waals surface area contributed by atoms with Gasteiger partial charge in [-0.05, 0) is 18.6 Å². The Labute approximate surface area is 122 Å². The van der Waals surface area contributed by atoms with Crippen LogP contribution in [0.25, 0.3) is 0 Å². The zero-order chi connectivity index (χ0) is 15.2. The van der Waals surface area contributed by atoms with Crippen molar-refractivity contribution < 1.29 is 13.5 Å². The van der Waals surface area contributed by atoms with Crippen LogP contribution in [0.1, 0.15) is 12.8 Å². The number of hydrogen-bond acceptors (Lipinski definition) is 4. The summed E-state index contributed by atoms with van der Waals surface area (Å²) in [4.78, 5) is 3.81. The van der Waals surface area contributed by atoms with Crippen molar-refractivity contribution in [2.24, 2.45) is 0 Å². The van der Waals surface area contributed by atoms with Crippen molar-refractivity contribution in [1.82, 2.24) is 4.98 Å². The monoisotopic (exact) mass is 311 g/mol. The molecule has 1 rings (SSSR count). The van der Waals surface area contributed by atoms with E-state index in [0.29, 0.717) is 12.8 Å². The lowest BCUT2D eigenvalue weighted by atomic mass is 10.2. The van der Waals surface area contributed by atoms with E-state index in [2.05, 4.69) is 36.1 Å². The Bertz CT molecular complexity index is 582. The molecule has 0 aliphatic rings. The summed E-state index contributed by atoms with van der Waals surface area (Å²) in [5.74, 6) is 2.72. The molecule has 0 aliphatic carbocycles. The van der Waals surface area contributed by atoms with E-state index in [0.717, 1.165) is 0 Å². The van der Waals surface area contributed by atoms with Gasteiger partial charge in [-0.1, -0.05) is 25.7 Å². The van der Waals surface area contributed by atoms with Crippen LogP contribution in [-0.2, 0) is 9.84 Å². The third kappa shape index (κ3) is 6.33. The van der Waals surface area contributed by atoms with Crippen LogP contribution in [0, 0.1) is 11.5 Å². The Morgan fingerprint density at radius 1 is 1.35 bits per heavy atom. The minimum Gasteiger partial charge on any atom is -0.392 e. The van der Waals surface area contributed by atoms with Crippen LogP contribution in [0.2, 0.25) is 19.6 Å². The highest BCUT2D eigenvalue weighted by molar-refractivity contribution is 7.91. The molecule has 0 bridgehead atoms. The summed E-state index contributed by atoms with van der Waals surface area (Å²) >= 11 is 0. The third-order valence-corrected chi connectivity index (χ3v) is 5.06. The Morgan fingerprint density at radius 3 is 2.60 bits per heavy atom. The molecule has 0 radical (unpaired) electrons. The second-order valence-electron chi connectivity index (χ2n) is 5.69. The maximum atomic E-state index is 12.0. The molecule has 110 valence electrons. The molecule has 1 aromatic rings. The molecule has 0 saturated heterocycles. The standard InChI is InChI=1S/C14H21NO3SSi/c1-20(2,3)11-7-5-8-13(16)12-19(17,18)14-9-4-6-10-15-14/h4,6,9-10,13,16H,5,8,12H2,1-3H3. The lowest BCUT2D eigenvalue weighted by Gasteiger charge is -2.09. The molecule has 1 aromatic heterocycles. The van der Waals surface area contributed by atoms with Gasteiger partial charge < -0.3 is 5.11 Å². The predicted molar refractivity (Wildman–Crippen MR) is 82.7 cm³/mol. The number of aliphatic hydroxyl groups excluding tert-OH is 1. The van der Waals surface area contributed by atoms with Gasteiger partial charge in [0.1, 0.15) is 8.07 Å². The Hall–Kier alpha value is -1.16. The molecule has 20 heavy (non-hydrogen) atoms. The van der Waals surface area contributed by atoms with Gasteiger partial charge in [0.05, 0.1) is 11.9 Å². The Balaban J connectivity index is 2.54. The molecule has 4 nitrogen and oxygen atoms in total. The Morgan fingerprint density at radius 2 is 2.05 bits per heavy atom. The molecule has 1 atom stereocenters. The fourth-order valence-corrected chi connectivity index (χ4v) is 3.53. The Kier molecular flexibility index (Phi) is 5.93. The van der Waals surface area contributed by atoms with E-state index in [-0.39, 0.29) is 10.8 Å². The van der Waals surface area contributed by atoms with Gasteiger partial charge >= 0.3 is 0 Å². The fourth-order valence-electron chi connectivity index (χ4n) is 1.52. The number of aliphatic hydroxyl groups is 1. The first-order chi connectivity index (χ1) is 9.21. The van der Waals surface area contributed by atoms with Crippen LogP contribution in [0.3, 0.4) is 0 Å². The first-order valence-corrected chi connectivity index (χ1v) is 11.7. The summed E-state index contributed by atoms with van der Waals surface area (Å²) in [5, 5.41) is 9.82. The van der Waals surface area contributed by atoms with Crippen LogP contribution in [0.4, 0.5) is 0 Å². The van der Waals surface area contributed by atoms with Crippen molar-refractivity contribution in [2.75, 3.05) is 5.75 Å². The van der Waals surface area contributed by atoms with Crippen molar-refractivity contribution in [3.63, 3.8) is 0 Å². The van der Waals surface area contributed by atoms with Crippen LogP contribution < -0.4 is 0 Å². The second-order valence-corrected chi connectivity index (χ2v) is 12.4. The number of hydrogen-bond donors (Lipinski definition) is 1. The zero-order valence-corrected chi connectivity index (χ0v) is 13.9. The predicted octanol–water partition coefficient (Wildman–Crippen LogP) is 1.88. The van der Waals surface area contributed by atoms with Gasteiger partial charge in [0.15, 0.2) is 14.9 Å².